The van der Waals surface area contributed by atoms with E-state index in [4.69, 9.17) is 5.73 Å². The highest BCUT2D eigenvalue weighted by atomic mass is 16.1. The van der Waals surface area contributed by atoms with E-state index in [1.807, 2.05) is 39.0 Å². The molecule has 0 fully saturated rings. The van der Waals surface area contributed by atoms with Crippen LogP contribution in [-0.4, -0.2) is 5.91 Å². The average molecular weight is 254 g/mol. The highest BCUT2D eigenvalue weighted by molar-refractivity contribution is 6.05. The lowest BCUT2D eigenvalue weighted by molar-refractivity contribution is 0.102. The van der Waals surface area contributed by atoms with E-state index < -0.39 is 0 Å². The van der Waals surface area contributed by atoms with Crippen molar-refractivity contribution in [3.8, 4) is 0 Å². The van der Waals surface area contributed by atoms with Gasteiger partial charge in [-0.25, -0.2) is 0 Å². The van der Waals surface area contributed by atoms with Gasteiger partial charge < -0.3 is 11.1 Å². The Morgan fingerprint density at radius 2 is 1.63 bits per heavy atom. The molecule has 3 heteroatoms. The Labute approximate surface area is 113 Å². The molecule has 2 aromatic carbocycles. The van der Waals surface area contributed by atoms with Gasteiger partial charge in [0.15, 0.2) is 0 Å². The molecule has 3 N–H and O–H groups in total. The second-order valence-corrected chi connectivity index (χ2v) is 4.90. The summed E-state index contributed by atoms with van der Waals surface area (Å²) in [6.07, 6.45) is 0. The first-order valence-corrected chi connectivity index (χ1v) is 6.21. The summed E-state index contributed by atoms with van der Waals surface area (Å²) in [5.74, 6) is -0.130. The summed E-state index contributed by atoms with van der Waals surface area (Å²) >= 11 is 0. The monoisotopic (exact) mass is 254 g/mol. The molecule has 0 spiro atoms. The fraction of sp³-hybridized carbons (Fsp3) is 0.188. The van der Waals surface area contributed by atoms with Crippen LogP contribution in [0.3, 0.4) is 0 Å². The molecule has 0 aliphatic heterocycles. The van der Waals surface area contributed by atoms with Gasteiger partial charge in [0.05, 0.1) is 0 Å². The van der Waals surface area contributed by atoms with Crippen LogP contribution in [0, 0.1) is 20.8 Å². The normalized spacial score (nSPS) is 10.3. The Bertz CT molecular complexity index is 612. The van der Waals surface area contributed by atoms with Crippen molar-refractivity contribution >= 4 is 17.3 Å². The van der Waals surface area contributed by atoms with Crippen molar-refractivity contribution in [1.82, 2.24) is 0 Å². The number of nitrogens with one attached hydrogen (secondary N) is 1. The molecule has 0 radical (unpaired) electrons. The van der Waals surface area contributed by atoms with Gasteiger partial charge in [-0.2, -0.15) is 0 Å². The molecule has 19 heavy (non-hydrogen) atoms. The van der Waals surface area contributed by atoms with Gasteiger partial charge in [0.2, 0.25) is 0 Å². The molecule has 1 amide bonds. The molecule has 0 unspecified atom stereocenters. The molecule has 3 nitrogen and oxygen atoms in total. The van der Waals surface area contributed by atoms with Crippen molar-refractivity contribution in [2.24, 2.45) is 0 Å². The summed E-state index contributed by atoms with van der Waals surface area (Å²) in [5, 5.41) is 2.91. The van der Waals surface area contributed by atoms with Gasteiger partial charge in [0.1, 0.15) is 0 Å². The Morgan fingerprint density at radius 3 is 2.26 bits per heavy atom. The van der Waals surface area contributed by atoms with Gasteiger partial charge in [-0.1, -0.05) is 12.1 Å². The summed E-state index contributed by atoms with van der Waals surface area (Å²) in [7, 11) is 0. The standard InChI is InChI=1S/C16H18N2O/c1-10-6-11(2)8-14(7-10)18-16(19)15-9-13(17)5-4-12(15)3/h4-9H,17H2,1-3H3,(H,18,19). The molecule has 0 saturated heterocycles. The van der Waals surface area contributed by atoms with Crippen LogP contribution in [0.2, 0.25) is 0 Å². The minimum atomic E-state index is -0.130. The predicted octanol–water partition coefficient (Wildman–Crippen LogP) is 3.45. The fourth-order valence-electron chi connectivity index (χ4n) is 2.13. The van der Waals surface area contributed by atoms with Crippen LogP contribution in [0.15, 0.2) is 36.4 Å². The minimum Gasteiger partial charge on any atom is -0.399 e. The molecular weight excluding hydrogens is 236 g/mol. The second kappa shape index (κ2) is 5.14. The zero-order valence-corrected chi connectivity index (χ0v) is 11.4. The maximum absolute atomic E-state index is 12.2. The molecule has 0 bridgehead atoms. The van der Waals surface area contributed by atoms with E-state index in [9.17, 15) is 4.79 Å². The number of hydrogen-bond acceptors (Lipinski definition) is 2. The number of carbonyl (C=O) groups excluding carboxylic acids is 1. The lowest BCUT2D eigenvalue weighted by Gasteiger charge is -2.10. The third-order valence-corrected chi connectivity index (χ3v) is 2.99. The number of benzene rings is 2. The van der Waals surface area contributed by atoms with Crippen molar-refractivity contribution in [2.75, 3.05) is 11.1 Å². The Hall–Kier alpha value is -2.29. The van der Waals surface area contributed by atoms with Crippen molar-refractivity contribution in [3.63, 3.8) is 0 Å². The quantitative estimate of drug-likeness (QED) is 0.806. The third-order valence-electron chi connectivity index (χ3n) is 2.99. The van der Waals surface area contributed by atoms with Crippen molar-refractivity contribution < 1.29 is 4.79 Å². The minimum absolute atomic E-state index is 0.130. The molecular formula is C16H18N2O. The average Bonchev–Trinajstić information content (AvgIpc) is 2.30. The maximum atomic E-state index is 12.2. The number of rotatable bonds is 2. The smallest absolute Gasteiger partial charge is 0.256 e. The van der Waals surface area contributed by atoms with Gasteiger partial charge in [0, 0.05) is 16.9 Å². The van der Waals surface area contributed by atoms with Crippen LogP contribution >= 0.6 is 0 Å². The lowest BCUT2D eigenvalue weighted by atomic mass is 10.1. The van der Waals surface area contributed by atoms with E-state index in [0.29, 0.717) is 11.3 Å². The molecule has 2 rings (SSSR count). The van der Waals surface area contributed by atoms with E-state index in [0.717, 1.165) is 22.4 Å². The number of nitrogen functional groups attached to an aromatic ring is 1. The molecule has 0 heterocycles. The highest BCUT2D eigenvalue weighted by Crippen LogP contribution is 2.17. The summed E-state index contributed by atoms with van der Waals surface area (Å²) in [5.41, 5.74) is 10.9. The van der Waals surface area contributed by atoms with Crippen molar-refractivity contribution in [1.29, 1.82) is 0 Å². The van der Waals surface area contributed by atoms with Crippen LogP contribution in [-0.2, 0) is 0 Å². The number of carbonyl (C=O) groups is 1. The number of hydrogen-bond donors (Lipinski definition) is 2. The SMILES string of the molecule is Cc1cc(C)cc(NC(=O)c2cc(N)ccc2C)c1. The number of amides is 1. The first kappa shape index (κ1) is 13.1. The highest BCUT2D eigenvalue weighted by Gasteiger charge is 2.10. The van der Waals surface area contributed by atoms with Crippen molar-refractivity contribution in [2.45, 2.75) is 20.8 Å². The molecule has 2 aromatic rings. The zero-order valence-electron chi connectivity index (χ0n) is 11.4. The molecule has 0 aliphatic rings. The third kappa shape index (κ3) is 3.13. The van der Waals surface area contributed by atoms with Crippen LogP contribution in [0.4, 0.5) is 11.4 Å². The van der Waals surface area contributed by atoms with Gasteiger partial charge >= 0.3 is 0 Å². The van der Waals surface area contributed by atoms with E-state index in [1.54, 1.807) is 12.1 Å². The number of aryl methyl sites for hydroxylation is 3. The summed E-state index contributed by atoms with van der Waals surface area (Å²) in [4.78, 5) is 12.2. The van der Waals surface area contributed by atoms with Gasteiger partial charge in [-0.3, -0.25) is 4.79 Å². The number of anilines is 2. The molecule has 0 atom stereocenters. The van der Waals surface area contributed by atoms with Crippen molar-refractivity contribution in [3.05, 3.63) is 58.7 Å². The number of nitrogens with two attached hydrogens (primary N) is 1. The van der Waals surface area contributed by atoms with Crippen LogP contribution < -0.4 is 11.1 Å². The molecule has 0 saturated carbocycles. The molecule has 0 aromatic heterocycles. The summed E-state index contributed by atoms with van der Waals surface area (Å²) < 4.78 is 0. The van der Waals surface area contributed by atoms with E-state index in [1.165, 1.54) is 0 Å². The Balaban J connectivity index is 2.28. The van der Waals surface area contributed by atoms with Gasteiger partial charge in [-0.15, -0.1) is 0 Å². The summed E-state index contributed by atoms with van der Waals surface area (Å²) in [6.45, 7) is 5.92. The maximum Gasteiger partial charge on any atom is 0.256 e. The first-order chi connectivity index (χ1) is 8.95. The fourth-order valence-corrected chi connectivity index (χ4v) is 2.13. The van der Waals surface area contributed by atoms with E-state index >= 15 is 0 Å². The van der Waals surface area contributed by atoms with Gasteiger partial charge in [0.25, 0.3) is 5.91 Å². The predicted molar refractivity (Wildman–Crippen MR) is 79.5 cm³/mol. The lowest BCUT2D eigenvalue weighted by Crippen LogP contribution is -2.14. The topological polar surface area (TPSA) is 55.1 Å². The largest absolute Gasteiger partial charge is 0.399 e. The second-order valence-electron chi connectivity index (χ2n) is 4.90. The van der Waals surface area contributed by atoms with Crippen LogP contribution in [0.25, 0.3) is 0 Å². The van der Waals surface area contributed by atoms with E-state index in [2.05, 4.69) is 11.4 Å². The zero-order chi connectivity index (χ0) is 14.0. The Morgan fingerprint density at radius 1 is 1.00 bits per heavy atom. The van der Waals surface area contributed by atoms with E-state index in [-0.39, 0.29) is 5.91 Å². The summed E-state index contributed by atoms with van der Waals surface area (Å²) in [6, 6.07) is 11.3. The van der Waals surface area contributed by atoms with Gasteiger partial charge in [-0.05, 0) is 61.7 Å². The van der Waals surface area contributed by atoms with Crippen LogP contribution in [0.5, 0.6) is 0 Å². The molecule has 98 valence electrons. The first-order valence-electron chi connectivity index (χ1n) is 6.21. The molecule has 0 aliphatic carbocycles. The van der Waals surface area contributed by atoms with Crippen LogP contribution in [0.1, 0.15) is 27.0 Å². The Kier molecular flexibility index (Phi) is 3.56.